The number of hydrogen-bond acceptors (Lipinski definition) is 1. The van der Waals surface area contributed by atoms with Crippen LogP contribution in [0, 0.1) is 11.7 Å². The Balaban J connectivity index is 2.04. The van der Waals surface area contributed by atoms with Gasteiger partial charge in [0.25, 0.3) is 0 Å². The normalized spacial score (nSPS) is 29.6. The van der Waals surface area contributed by atoms with Crippen molar-refractivity contribution in [3.63, 3.8) is 0 Å². The Labute approximate surface area is 96.3 Å². The lowest BCUT2D eigenvalue weighted by atomic mass is 9.91. The smallest absolute Gasteiger partial charge is 0.123 e. The first-order valence-electron chi connectivity index (χ1n) is 6.08. The summed E-state index contributed by atoms with van der Waals surface area (Å²) in [6.07, 6.45) is 4.52. The van der Waals surface area contributed by atoms with Gasteiger partial charge >= 0.3 is 0 Å². The van der Waals surface area contributed by atoms with Crippen LogP contribution in [0.25, 0.3) is 0 Å². The summed E-state index contributed by atoms with van der Waals surface area (Å²) in [4.78, 5) is 0. The van der Waals surface area contributed by atoms with Crippen molar-refractivity contribution in [3.8, 4) is 0 Å². The van der Waals surface area contributed by atoms with E-state index >= 15 is 0 Å². The van der Waals surface area contributed by atoms with Crippen molar-refractivity contribution in [2.75, 3.05) is 0 Å². The fraction of sp³-hybridized carbons (Fsp3) is 0.571. The molecule has 0 heterocycles. The zero-order valence-electron chi connectivity index (χ0n) is 9.75. The largest absolute Gasteiger partial charge is 0.390 e. The van der Waals surface area contributed by atoms with Gasteiger partial charge in [0, 0.05) is 6.42 Å². The number of halogens is 1. The molecule has 0 bridgehead atoms. The van der Waals surface area contributed by atoms with Crippen molar-refractivity contribution < 1.29 is 9.50 Å². The molecule has 1 fully saturated rings. The minimum atomic E-state index is -0.603. The standard InChI is InChI=1S/C14H19FO/c1-2-11-6-7-14(16,9-11)10-12-4-3-5-13(15)8-12/h3-5,8,11,16H,2,6-7,9-10H2,1H3. The molecule has 0 aromatic heterocycles. The van der Waals surface area contributed by atoms with E-state index in [0.29, 0.717) is 12.3 Å². The molecule has 1 nitrogen and oxygen atoms in total. The molecule has 0 aliphatic heterocycles. The van der Waals surface area contributed by atoms with Crippen LogP contribution in [0.15, 0.2) is 24.3 Å². The van der Waals surface area contributed by atoms with Crippen molar-refractivity contribution in [1.82, 2.24) is 0 Å². The zero-order chi connectivity index (χ0) is 11.6. The second kappa shape index (κ2) is 4.54. The topological polar surface area (TPSA) is 20.2 Å². The Morgan fingerprint density at radius 1 is 1.50 bits per heavy atom. The predicted octanol–water partition coefficient (Wildman–Crippen LogP) is 3.31. The average molecular weight is 222 g/mol. The fourth-order valence-electron chi connectivity index (χ4n) is 2.75. The van der Waals surface area contributed by atoms with Gasteiger partial charge in [0.2, 0.25) is 0 Å². The molecule has 1 aliphatic carbocycles. The van der Waals surface area contributed by atoms with Gasteiger partial charge in [-0.3, -0.25) is 0 Å². The number of benzene rings is 1. The van der Waals surface area contributed by atoms with Crippen LogP contribution in [0.3, 0.4) is 0 Å². The molecular formula is C14H19FO. The highest BCUT2D eigenvalue weighted by Gasteiger charge is 2.36. The second-order valence-corrected chi connectivity index (χ2v) is 5.05. The molecule has 1 saturated carbocycles. The van der Waals surface area contributed by atoms with Crippen molar-refractivity contribution in [2.45, 2.75) is 44.6 Å². The average Bonchev–Trinajstić information content (AvgIpc) is 2.60. The van der Waals surface area contributed by atoms with E-state index in [-0.39, 0.29) is 5.82 Å². The first-order chi connectivity index (χ1) is 7.61. The summed E-state index contributed by atoms with van der Waals surface area (Å²) in [7, 11) is 0. The van der Waals surface area contributed by atoms with Gasteiger partial charge in [-0.15, -0.1) is 0 Å². The molecule has 0 spiro atoms. The Morgan fingerprint density at radius 3 is 2.94 bits per heavy atom. The highest BCUT2D eigenvalue weighted by molar-refractivity contribution is 5.19. The Kier molecular flexibility index (Phi) is 3.29. The first kappa shape index (κ1) is 11.6. The lowest BCUT2D eigenvalue weighted by Crippen LogP contribution is -2.27. The van der Waals surface area contributed by atoms with Crippen LogP contribution in [-0.2, 0) is 6.42 Å². The monoisotopic (exact) mass is 222 g/mol. The quantitative estimate of drug-likeness (QED) is 0.832. The van der Waals surface area contributed by atoms with E-state index in [0.717, 1.165) is 31.2 Å². The van der Waals surface area contributed by atoms with Crippen LogP contribution < -0.4 is 0 Å². The van der Waals surface area contributed by atoms with Gasteiger partial charge in [-0.25, -0.2) is 4.39 Å². The van der Waals surface area contributed by atoms with Gasteiger partial charge < -0.3 is 5.11 Å². The summed E-state index contributed by atoms with van der Waals surface area (Å²) < 4.78 is 13.0. The molecule has 0 saturated heterocycles. The van der Waals surface area contributed by atoms with Crippen LogP contribution in [0.1, 0.15) is 38.2 Å². The molecule has 1 N–H and O–H groups in total. The summed E-state index contributed by atoms with van der Waals surface area (Å²) in [5.41, 5.74) is 0.299. The maximum Gasteiger partial charge on any atom is 0.123 e. The Bertz CT molecular complexity index is 364. The van der Waals surface area contributed by atoms with Crippen molar-refractivity contribution in [1.29, 1.82) is 0 Å². The molecule has 0 radical (unpaired) electrons. The van der Waals surface area contributed by atoms with Crippen LogP contribution in [-0.4, -0.2) is 10.7 Å². The number of hydrogen-bond donors (Lipinski definition) is 1. The molecule has 2 heteroatoms. The molecular weight excluding hydrogens is 203 g/mol. The lowest BCUT2D eigenvalue weighted by molar-refractivity contribution is 0.0436. The summed E-state index contributed by atoms with van der Waals surface area (Å²) in [5, 5.41) is 10.4. The zero-order valence-corrected chi connectivity index (χ0v) is 9.75. The van der Waals surface area contributed by atoms with Gasteiger partial charge in [-0.2, -0.15) is 0 Å². The van der Waals surface area contributed by atoms with E-state index in [2.05, 4.69) is 6.92 Å². The molecule has 2 rings (SSSR count). The molecule has 1 aliphatic rings. The van der Waals surface area contributed by atoms with E-state index in [1.807, 2.05) is 6.07 Å². The van der Waals surface area contributed by atoms with Crippen LogP contribution in [0.2, 0.25) is 0 Å². The van der Waals surface area contributed by atoms with Crippen LogP contribution in [0.5, 0.6) is 0 Å². The molecule has 0 amide bonds. The summed E-state index contributed by atoms with van der Waals surface area (Å²) >= 11 is 0. The van der Waals surface area contributed by atoms with Gasteiger partial charge in [-0.1, -0.05) is 25.5 Å². The fourth-order valence-corrected chi connectivity index (χ4v) is 2.75. The Hall–Kier alpha value is -0.890. The summed E-state index contributed by atoms with van der Waals surface area (Å²) in [6.45, 7) is 2.17. The van der Waals surface area contributed by atoms with Gasteiger partial charge in [0.05, 0.1) is 5.60 Å². The van der Waals surface area contributed by atoms with E-state index < -0.39 is 5.60 Å². The van der Waals surface area contributed by atoms with Crippen molar-refractivity contribution in [2.24, 2.45) is 5.92 Å². The third-order valence-corrected chi connectivity index (χ3v) is 3.69. The van der Waals surface area contributed by atoms with Crippen molar-refractivity contribution >= 4 is 0 Å². The van der Waals surface area contributed by atoms with Gasteiger partial charge in [0.15, 0.2) is 0 Å². The highest BCUT2D eigenvalue weighted by atomic mass is 19.1. The van der Waals surface area contributed by atoms with E-state index in [1.54, 1.807) is 6.07 Å². The summed E-state index contributed by atoms with van der Waals surface area (Å²) in [5.74, 6) is 0.421. The minimum absolute atomic E-state index is 0.217. The summed E-state index contributed by atoms with van der Waals surface area (Å²) in [6, 6.07) is 6.56. The van der Waals surface area contributed by atoms with Crippen molar-refractivity contribution in [3.05, 3.63) is 35.6 Å². The maximum atomic E-state index is 13.0. The van der Waals surface area contributed by atoms with E-state index in [9.17, 15) is 9.50 Å². The van der Waals surface area contributed by atoms with Crippen LogP contribution in [0.4, 0.5) is 4.39 Å². The van der Waals surface area contributed by atoms with Gasteiger partial charge in [0.1, 0.15) is 5.82 Å². The predicted molar refractivity (Wildman–Crippen MR) is 62.7 cm³/mol. The third-order valence-electron chi connectivity index (χ3n) is 3.69. The van der Waals surface area contributed by atoms with E-state index in [4.69, 9.17) is 0 Å². The molecule has 88 valence electrons. The third kappa shape index (κ3) is 2.62. The minimum Gasteiger partial charge on any atom is -0.390 e. The number of rotatable bonds is 3. The second-order valence-electron chi connectivity index (χ2n) is 5.05. The van der Waals surface area contributed by atoms with Crippen LogP contribution >= 0.6 is 0 Å². The highest BCUT2D eigenvalue weighted by Crippen LogP contribution is 2.38. The Morgan fingerprint density at radius 2 is 2.31 bits per heavy atom. The number of aliphatic hydroxyl groups is 1. The molecule has 2 atom stereocenters. The molecule has 2 unspecified atom stereocenters. The SMILES string of the molecule is CCC1CCC(O)(Cc2cccc(F)c2)C1. The van der Waals surface area contributed by atoms with E-state index in [1.165, 1.54) is 12.1 Å². The molecule has 1 aromatic carbocycles. The van der Waals surface area contributed by atoms with Gasteiger partial charge in [-0.05, 0) is 42.9 Å². The molecule has 16 heavy (non-hydrogen) atoms. The first-order valence-corrected chi connectivity index (χ1v) is 6.08. The molecule has 1 aromatic rings. The maximum absolute atomic E-state index is 13.0. The lowest BCUT2D eigenvalue weighted by Gasteiger charge is -2.22.